The fraction of sp³-hybridized carbons (Fsp3) is 0.533. The van der Waals surface area contributed by atoms with Crippen molar-refractivity contribution in [2.45, 2.75) is 32.3 Å². The Balaban J connectivity index is 1.97. The Bertz CT molecular complexity index is 450. The summed E-state index contributed by atoms with van der Waals surface area (Å²) in [6.07, 6.45) is 1.42. The van der Waals surface area contributed by atoms with E-state index in [0.29, 0.717) is 25.1 Å². The standard InChI is InChI=1S/C15H20FNO2/c1-2-12-10-17(7-6-14(12)18)15(19)9-11-4-3-5-13(16)8-11/h3-5,8,12,14,18H,2,6-7,9-10H2,1H3. The van der Waals surface area contributed by atoms with E-state index >= 15 is 0 Å². The minimum Gasteiger partial charge on any atom is -0.393 e. The number of nitrogens with zero attached hydrogens (tertiary/aromatic N) is 1. The molecule has 1 N–H and O–H groups in total. The molecule has 1 saturated heterocycles. The molecule has 1 amide bonds. The van der Waals surface area contributed by atoms with Crippen LogP contribution in [0.1, 0.15) is 25.3 Å². The topological polar surface area (TPSA) is 40.5 Å². The van der Waals surface area contributed by atoms with Gasteiger partial charge in [-0.25, -0.2) is 4.39 Å². The molecule has 0 aliphatic carbocycles. The van der Waals surface area contributed by atoms with Crippen LogP contribution in [-0.4, -0.2) is 35.1 Å². The Labute approximate surface area is 113 Å². The first kappa shape index (κ1) is 14.0. The van der Waals surface area contributed by atoms with Gasteiger partial charge in [-0.2, -0.15) is 0 Å². The van der Waals surface area contributed by atoms with E-state index in [1.54, 1.807) is 17.0 Å². The third-order valence-corrected chi connectivity index (χ3v) is 3.82. The highest BCUT2D eigenvalue weighted by Gasteiger charge is 2.28. The van der Waals surface area contributed by atoms with Gasteiger partial charge in [0.1, 0.15) is 5.82 Å². The molecule has 19 heavy (non-hydrogen) atoms. The highest BCUT2D eigenvalue weighted by atomic mass is 19.1. The highest BCUT2D eigenvalue weighted by Crippen LogP contribution is 2.20. The quantitative estimate of drug-likeness (QED) is 0.908. The van der Waals surface area contributed by atoms with Gasteiger partial charge in [-0.1, -0.05) is 19.1 Å². The Morgan fingerprint density at radius 3 is 3.00 bits per heavy atom. The van der Waals surface area contributed by atoms with Crippen molar-refractivity contribution in [3.8, 4) is 0 Å². The van der Waals surface area contributed by atoms with Crippen LogP contribution in [0.2, 0.25) is 0 Å². The monoisotopic (exact) mass is 265 g/mol. The largest absolute Gasteiger partial charge is 0.393 e. The lowest BCUT2D eigenvalue weighted by atomic mass is 9.92. The van der Waals surface area contributed by atoms with Gasteiger partial charge in [-0.05, 0) is 30.5 Å². The molecule has 0 aromatic heterocycles. The van der Waals surface area contributed by atoms with E-state index < -0.39 is 0 Å². The lowest BCUT2D eigenvalue weighted by molar-refractivity contribution is -0.134. The maximum absolute atomic E-state index is 13.1. The molecule has 1 aliphatic rings. The van der Waals surface area contributed by atoms with Gasteiger partial charge < -0.3 is 10.0 Å². The number of benzene rings is 1. The first-order valence-electron chi connectivity index (χ1n) is 6.80. The first-order valence-corrected chi connectivity index (χ1v) is 6.80. The van der Waals surface area contributed by atoms with Crippen LogP contribution >= 0.6 is 0 Å². The van der Waals surface area contributed by atoms with Gasteiger partial charge in [0.2, 0.25) is 5.91 Å². The van der Waals surface area contributed by atoms with Gasteiger partial charge in [0, 0.05) is 19.0 Å². The summed E-state index contributed by atoms with van der Waals surface area (Å²) in [7, 11) is 0. The van der Waals surface area contributed by atoms with Crippen molar-refractivity contribution < 1.29 is 14.3 Å². The second kappa shape index (κ2) is 6.15. The summed E-state index contributed by atoms with van der Waals surface area (Å²) < 4.78 is 13.1. The molecule has 0 spiro atoms. The molecule has 4 heteroatoms. The molecular weight excluding hydrogens is 245 g/mol. The number of hydrogen-bond donors (Lipinski definition) is 1. The van der Waals surface area contributed by atoms with Crippen molar-refractivity contribution in [1.82, 2.24) is 4.90 Å². The second-order valence-electron chi connectivity index (χ2n) is 5.17. The molecule has 0 bridgehead atoms. The Morgan fingerprint density at radius 2 is 2.32 bits per heavy atom. The lowest BCUT2D eigenvalue weighted by Crippen LogP contribution is -2.46. The molecular formula is C15H20FNO2. The highest BCUT2D eigenvalue weighted by molar-refractivity contribution is 5.78. The molecule has 2 atom stereocenters. The van der Waals surface area contributed by atoms with E-state index in [9.17, 15) is 14.3 Å². The van der Waals surface area contributed by atoms with Gasteiger partial charge in [0.25, 0.3) is 0 Å². The Hall–Kier alpha value is -1.42. The molecule has 1 fully saturated rings. The van der Waals surface area contributed by atoms with Gasteiger partial charge >= 0.3 is 0 Å². The number of rotatable bonds is 3. The summed E-state index contributed by atoms with van der Waals surface area (Å²) in [5.41, 5.74) is 0.698. The van der Waals surface area contributed by atoms with E-state index in [0.717, 1.165) is 6.42 Å². The number of aliphatic hydroxyl groups is 1. The normalized spacial score (nSPS) is 23.4. The van der Waals surface area contributed by atoms with E-state index in [1.807, 2.05) is 6.92 Å². The molecule has 0 radical (unpaired) electrons. The average Bonchev–Trinajstić information content (AvgIpc) is 2.39. The number of likely N-dealkylation sites (tertiary alicyclic amines) is 1. The molecule has 1 aromatic rings. The van der Waals surface area contributed by atoms with E-state index in [-0.39, 0.29) is 30.2 Å². The number of piperidine rings is 1. The van der Waals surface area contributed by atoms with E-state index in [4.69, 9.17) is 0 Å². The Morgan fingerprint density at radius 1 is 1.53 bits per heavy atom. The number of carbonyl (C=O) groups is 1. The zero-order valence-corrected chi connectivity index (χ0v) is 11.2. The van der Waals surface area contributed by atoms with Crippen LogP contribution in [0.3, 0.4) is 0 Å². The SMILES string of the molecule is CCC1CN(C(=O)Cc2cccc(F)c2)CCC1O. The fourth-order valence-corrected chi connectivity index (χ4v) is 2.58. The van der Waals surface area contributed by atoms with Crippen molar-refractivity contribution in [1.29, 1.82) is 0 Å². The van der Waals surface area contributed by atoms with Gasteiger partial charge in [-0.3, -0.25) is 4.79 Å². The average molecular weight is 265 g/mol. The van der Waals surface area contributed by atoms with Crippen LogP contribution in [0.25, 0.3) is 0 Å². The summed E-state index contributed by atoms with van der Waals surface area (Å²) in [6.45, 7) is 3.21. The van der Waals surface area contributed by atoms with Crippen molar-refractivity contribution in [3.05, 3.63) is 35.6 Å². The summed E-state index contributed by atoms with van der Waals surface area (Å²) in [5, 5.41) is 9.81. The van der Waals surface area contributed by atoms with Gasteiger partial charge in [0.15, 0.2) is 0 Å². The zero-order valence-electron chi connectivity index (χ0n) is 11.2. The molecule has 2 rings (SSSR count). The molecule has 104 valence electrons. The molecule has 2 unspecified atom stereocenters. The van der Waals surface area contributed by atoms with Crippen LogP contribution in [0, 0.1) is 11.7 Å². The lowest BCUT2D eigenvalue weighted by Gasteiger charge is -2.35. The number of aliphatic hydroxyl groups excluding tert-OH is 1. The van der Waals surface area contributed by atoms with E-state index in [1.165, 1.54) is 12.1 Å². The second-order valence-corrected chi connectivity index (χ2v) is 5.17. The summed E-state index contributed by atoms with van der Waals surface area (Å²) in [4.78, 5) is 14.0. The Kier molecular flexibility index (Phi) is 4.53. The fourth-order valence-electron chi connectivity index (χ4n) is 2.58. The maximum atomic E-state index is 13.1. The number of halogens is 1. The van der Waals surface area contributed by atoms with Crippen LogP contribution in [0.4, 0.5) is 4.39 Å². The summed E-state index contributed by atoms with van der Waals surface area (Å²) >= 11 is 0. The van der Waals surface area contributed by atoms with Gasteiger partial charge in [0.05, 0.1) is 12.5 Å². The molecule has 3 nitrogen and oxygen atoms in total. The number of amides is 1. The molecule has 1 aromatic carbocycles. The smallest absolute Gasteiger partial charge is 0.227 e. The van der Waals surface area contributed by atoms with Crippen LogP contribution in [0.5, 0.6) is 0 Å². The zero-order chi connectivity index (χ0) is 13.8. The van der Waals surface area contributed by atoms with Crippen LogP contribution < -0.4 is 0 Å². The summed E-state index contributed by atoms with van der Waals surface area (Å²) in [5.74, 6) is -0.146. The third kappa shape index (κ3) is 3.53. The minimum absolute atomic E-state index is 0.0101. The predicted octanol–water partition coefficient (Wildman–Crippen LogP) is 1.99. The van der Waals surface area contributed by atoms with Crippen molar-refractivity contribution in [2.75, 3.05) is 13.1 Å². The first-order chi connectivity index (χ1) is 9.10. The number of carbonyl (C=O) groups excluding carboxylic acids is 1. The minimum atomic E-state index is -0.314. The van der Waals surface area contributed by atoms with Crippen molar-refractivity contribution in [2.24, 2.45) is 5.92 Å². The van der Waals surface area contributed by atoms with Crippen molar-refractivity contribution in [3.63, 3.8) is 0 Å². The van der Waals surface area contributed by atoms with Crippen LogP contribution in [0.15, 0.2) is 24.3 Å². The molecule has 0 saturated carbocycles. The van der Waals surface area contributed by atoms with Crippen molar-refractivity contribution >= 4 is 5.91 Å². The van der Waals surface area contributed by atoms with Gasteiger partial charge in [-0.15, -0.1) is 0 Å². The van der Waals surface area contributed by atoms with E-state index in [2.05, 4.69) is 0 Å². The number of hydrogen-bond acceptors (Lipinski definition) is 2. The maximum Gasteiger partial charge on any atom is 0.227 e. The molecule has 1 aliphatic heterocycles. The summed E-state index contributed by atoms with van der Waals surface area (Å²) in [6, 6.07) is 6.15. The van der Waals surface area contributed by atoms with Crippen LogP contribution in [-0.2, 0) is 11.2 Å². The third-order valence-electron chi connectivity index (χ3n) is 3.82. The molecule has 1 heterocycles. The predicted molar refractivity (Wildman–Crippen MR) is 71.1 cm³/mol.